The van der Waals surface area contributed by atoms with Crippen LogP contribution < -0.4 is 4.74 Å². The molecule has 1 N–H and O–H groups in total. The molecule has 4 aromatic rings. The first kappa shape index (κ1) is 20.7. The summed E-state index contributed by atoms with van der Waals surface area (Å²) in [6.07, 6.45) is 2.98. The summed E-state index contributed by atoms with van der Waals surface area (Å²) in [6.45, 7) is 3.23. The lowest BCUT2D eigenvalue weighted by molar-refractivity contribution is -0.137. The highest BCUT2D eigenvalue weighted by atomic mass is 16.5. The van der Waals surface area contributed by atoms with Crippen LogP contribution in [0.5, 0.6) is 5.75 Å². The smallest absolute Gasteiger partial charge is 0.303 e. The van der Waals surface area contributed by atoms with Crippen LogP contribution in [0, 0.1) is 0 Å². The van der Waals surface area contributed by atoms with Crippen LogP contribution in [0.2, 0.25) is 0 Å². The molecule has 158 valence electrons. The first-order chi connectivity index (χ1) is 15.1. The lowest BCUT2D eigenvalue weighted by Crippen LogP contribution is -2.03. The van der Waals surface area contributed by atoms with Gasteiger partial charge in [0.25, 0.3) is 0 Å². The third-order valence-corrected chi connectivity index (χ3v) is 5.50. The minimum Gasteiger partial charge on any atom is -0.489 e. The van der Waals surface area contributed by atoms with E-state index in [2.05, 4.69) is 47.6 Å². The molecule has 0 amide bonds. The Labute approximate surface area is 181 Å². The molecule has 0 fully saturated rings. The number of aliphatic carboxylic acids is 1. The Balaban J connectivity index is 1.36. The minimum atomic E-state index is -0.786. The maximum atomic E-state index is 10.9. The number of aryl methyl sites for hydroxylation is 2. The zero-order valence-electron chi connectivity index (χ0n) is 17.6. The molecule has 0 aliphatic heterocycles. The van der Waals surface area contributed by atoms with Gasteiger partial charge in [0.2, 0.25) is 0 Å². The average Bonchev–Trinajstić information content (AvgIpc) is 3.19. The van der Waals surface area contributed by atoms with Crippen LogP contribution in [0.25, 0.3) is 10.9 Å². The number of nitrogens with zero attached hydrogens (tertiary/aromatic N) is 2. The van der Waals surface area contributed by atoms with E-state index in [9.17, 15) is 4.79 Å². The standard InChI is InChI=1S/C26H26N2O3/c1-19(15-26(29)30)22-8-10-24(11-9-22)31-18-21-7-12-25-23(16-21)17-27-28(25)14-13-20-5-3-2-4-6-20/h2-12,16-17,19H,13-15,18H2,1H3,(H,29,30). The van der Waals surface area contributed by atoms with Gasteiger partial charge in [-0.3, -0.25) is 9.48 Å². The third kappa shape index (κ3) is 5.31. The average molecular weight is 415 g/mol. The van der Waals surface area contributed by atoms with E-state index < -0.39 is 5.97 Å². The van der Waals surface area contributed by atoms with Crippen LogP contribution in [0.3, 0.4) is 0 Å². The van der Waals surface area contributed by atoms with Crippen LogP contribution in [0.4, 0.5) is 0 Å². The van der Waals surface area contributed by atoms with Gasteiger partial charge in [-0.2, -0.15) is 5.10 Å². The topological polar surface area (TPSA) is 64.3 Å². The Bertz CT molecular complexity index is 1150. The maximum absolute atomic E-state index is 10.9. The van der Waals surface area contributed by atoms with Gasteiger partial charge < -0.3 is 9.84 Å². The summed E-state index contributed by atoms with van der Waals surface area (Å²) in [4.78, 5) is 10.9. The van der Waals surface area contributed by atoms with Crippen molar-refractivity contribution >= 4 is 16.9 Å². The first-order valence-electron chi connectivity index (χ1n) is 10.5. The number of carboxylic acid groups (broad SMARTS) is 1. The molecule has 0 radical (unpaired) electrons. The van der Waals surface area contributed by atoms with E-state index in [0.29, 0.717) is 6.61 Å². The van der Waals surface area contributed by atoms with E-state index in [1.807, 2.05) is 48.1 Å². The molecule has 3 aromatic carbocycles. The summed E-state index contributed by atoms with van der Waals surface area (Å²) in [6, 6.07) is 24.4. The Kier molecular flexibility index (Phi) is 6.32. The molecule has 0 saturated heterocycles. The summed E-state index contributed by atoms with van der Waals surface area (Å²) in [5.41, 5.74) is 4.51. The molecule has 1 unspecified atom stereocenters. The van der Waals surface area contributed by atoms with Gasteiger partial charge in [-0.25, -0.2) is 0 Å². The second kappa shape index (κ2) is 9.47. The van der Waals surface area contributed by atoms with Gasteiger partial charge in [0.1, 0.15) is 12.4 Å². The Morgan fingerprint density at radius 3 is 2.55 bits per heavy atom. The van der Waals surface area contributed by atoms with Crippen LogP contribution >= 0.6 is 0 Å². The molecule has 0 saturated carbocycles. The lowest BCUT2D eigenvalue weighted by atomic mass is 9.98. The number of aromatic nitrogens is 2. The predicted octanol–water partition coefficient (Wildman–Crippen LogP) is 5.44. The summed E-state index contributed by atoms with van der Waals surface area (Å²) in [5, 5.41) is 14.6. The van der Waals surface area contributed by atoms with Crippen molar-refractivity contribution in [3.63, 3.8) is 0 Å². The van der Waals surface area contributed by atoms with E-state index in [1.165, 1.54) is 5.56 Å². The van der Waals surface area contributed by atoms with E-state index in [4.69, 9.17) is 9.84 Å². The van der Waals surface area contributed by atoms with Gasteiger partial charge in [0.15, 0.2) is 0 Å². The molecule has 0 spiro atoms. The van der Waals surface area contributed by atoms with Gasteiger partial charge >= 0.3 is 5.97 Å². The number of carboxylic acids is 1. The molecule has 5 heteroatoms. The van der Waals surface area contributed by atoms with Gasteiger partial charge in [-0.15, -0.1) is 0 Å². The zero-order chi connectivity index (χ0) is 21.6. The summed E-state index contributed by atoms with van der Waals surface area (Å²) in [7, 11) is 0. The number of hydrogen-bond donors (Lipinski definition) is 1. The van der Waals surface area contributed by atoms with Crippen molar-refractivity contribution in [2.24, 2.45) is 0 Å². The van der Waals surface area contributed by atoms with Gasteiger partial charge in [0, 0.05) is 11.9 Å². The van der Waals surface area contributed by atoms with Crippen molar-refractivity contribution in [3.8, 4) is 5.75 Å². The summed E-state index contributed by atoms with van der Waals surface area (Å²) in [5.74, 6) is -0.0380. The number of benzene rings is 3. The molecule has 0 aliphatic carbocycles. The molecule has 0 bridgehead atoms. The fourth-order valence-electron chi connectivity index (χ4n) is 3.72. The molecule has 5 nitrogen and oxygen atoms in total. The number of fused-ring (bicyclic) bond motifs is 1. The summed E-state index contributed by atoms with van der Waals surface area (Å²) >= 11 is 0. The molecule has 4 rings (SSSR count). The predicted molar refractivity (Wildman–Crippen MR) is 121 cm³/mol. The highest BCUT2D eigenvalue weighted by Gasteiger charge is 2.10. The lowest BCUT2D eigenvalue weighted by Gasteiger charge is -2.11. The van der Waals surface area contributed by atoms with E-state index in [1.54, 1.807) is 0 Å². The molecular formula is C26H26N2O3. The van der Waals surface area contributed by atoms with E-state index >= 15 is 0 Å². The SMILES string of the molecule is CC(CC(=O)O)c1ccc(OCc2ccc3c(cnn3CCc3ccccc3)c2)cc1. The van der Waals surface area contributed by atoms with Gasteiger partial charge in [-0.05, 0) is 53.3 Å². The quantitative estimate of drug-likeness (QED) is 0.396. The molecular weight excluding hydrogens is 388 g/mol. The van der Waals surface area contributed by atoms with Crippen LogP contribution in [-0.4, -0.2) is 20.9 Å². The van der Waals surface area contributed by atoms with Crippen LogP contribution in [0.1, 0.15) is 36.0 Å². The fourth-order valence-corrected chi connectivity index (χ4v) is 3.72. The summed E-state index contributed by atoms with van der Waals surface area (Å²) < 4.78 is 7.97. The largest absolute Gasteiger partial charge is 0.489 e. The Hall–Kier alpha value is -3.60. The van der Waals surface area contributed by atoms with Crippen molar-refractivity contribution in [3.05, 3.63) is 95.7 Å². The monoisotopic (exact) mass is 414 g/mol. The third-order valence-electron chi connectivity index (χ3n) is 5.50. The van der Waals surface area contributed by atoms with Crippen LogP contribution in [0.15, 0.2) is 79.0 Å². The van der Waals surface area contributed by atoms with E-state index in [0.717, 1.165) is 40.7 Å². The number of rotatable bonds is 9. The van der Waals surface area contributed by atoms with E-state index in [-0.39, 0.29) is 12.3 Å². The molecule has 1 atom stereocenters. The van der Waals surface area contributed by atoms with Gasteiger partial charge in [0.05, 0.1) is 18.1 Å². The Morgan fingerprint density at radius 2 is 1.81 bits per heavy atom. The van der Waals surface area contributed by atoms with Crippen molar-refractivity contribution in [1.29, 1.82) is 0 Å². The minimum absolute atomic E-state index is 0.0209. The fraction of sp³-hybridized carbons (Fsp3) is 0.231. The normalized spacial score (nSPS) is 12.0. The first-order valence-corrected chi connectivity index (χ1v) is 10.5. The highest BCUT2D eigenvalue weighted by Crippen LogP contribution is 2.23. The molecule has 0 aliphatic rings. The number of carbonyl (C=O) groups is 1. The van der Waals surface area contributed by atoms with Crippen molar-refractivity contribution < 1.29 is 14.6 Å². The second-order valence-electron chi connectivity index (χ2n) is 7.85. The number of hydrogen-bond acceptors (Lipinski definition) is 3. The Morgan fingerprint density at radius 1 is 1.03 bits per heavy atom. The van der Waals surface area contributed by atoms with Crippen molar-refractivity contribution in [2.75, 3.05) is 0 Å². The van der Waals surface area contributed by atoms with Crippen molar-refractivity contribution in [1.82, 2.24) is 9.78 Å². The van der Waals surface area contributed by atoms with Crippen molar-refractivity contribution in [2.45, 2.75) is 38.8 Å². The van der Waals surface area contributed by atoms with Crippen LogP contribution in [-0.2, 0) is 24.4 Å². The molecule has 31 heavy (non-hydrogen) atoms. The maximum Gasteiger partial charge on any atom is 0.303 e. The van der Waals surface area contributed by atoms with Gasteiger partial charge in [-0.1, -0.05) is 55.5 Å². The molecule has 1 aromatic heterocycles. The highest BCUT2D eigenvalue weighted by molar-refractivity contribution is 5.79. The zero-order valence-corrected chi connectivity index (χ0v) is 17.6. The number of ether oxygens (including phenoxy) is 1. The molecule has 1 heterocycles. The second-order valence-corrected chi connectivity index (χ2v) is 7.85.